The number of benzene rings is 4. The summed E-state index contributed by atoms with van der Waals surface area (Å²) in [5, 5.41) is 11.9. The molecule has 4 aromatic carbocycles. The first kappa shape index (κ1) is 45.4. The van der Waals surface area contributed by atoms with E-state index in [9.17, 15) is 9.90 Å². The smallest absolute Gasteiger partial charge is 0.162 e. The molecule has 1 heterocycles. The van der Waals surface area contributed by atoms with E-state index in [1.807, 2.05) is 70.2 Å². The van der Waals surface area contributed by atoms with Crippen LogP contribution in [0.5, 0.6) is 0 Å². The Hall–Kier alpha value is -3.99. The monoisotopic (exact) mass is 923 g/mol. The molecule has 3 nitrogen and oxygen atoms in total. The predicted octanol–water partition coefficient (Wildman–Crippen LogP) is 14.1. The van der Waals surface area contributed by atoms with Crippen LogP contribution in [-0.4, -0.2) is 15.9 Å². The number of carbonyl (C=O) groups is 1. The van der Waals surface area contributed by atoms with Crippen molar-refractivity contribution in [1.82, 2.24) is 4.98 Å². The summed E-state index contributed by atoms with van der Waals surface area (Å²) in [6.45, 7) is 21.2. The summed E-state index contributed by atoms with van der Waals surface area (Å²) in [5.74, 6) is -0.649. The van der Waals surface area contributed by atoms with Gasteiger partial charge in [0.05, 0.1) is 11.3 Å². The number of carbonyl (C=O) groups excluding carboxylic acids is 1. The summed E-state index contributed by atoms with van der Waals surface area (Å²) >= 11 is 0. The molecule has 0 spiro atoms. The van der Waals surface area contributed by atoms with Crippen LogP contribution in [0.25, 0.3) is 44.3 Å². The third-order valence-corrected chi connectivity index (χ3v) is 10.1. The van der Waals surface area contributed by atoms with E-state index in [4.69, 9.17) is 0 Å². The van der Waals surface area contributed by atoms with Crippen molar-refractivity contribution in [3.63, 3.8) is 0 Å². The maximum atomic E-state index is 15.5. The van der Waals surface area contributed by atoms with Gasteiger partial charge in [0.25, 0.3) is 0 Å². The first-order chi connectivity index (χ1) is 25.5. The third-order valence-electron chi connectivity index (χ3n) is 10.1. The fraction of sp³-hybridized carbons (Fsp3) is 0.388. The van der Waals surface area contributed by atoms with Crippen molar-refractivity contribution in [2.75, 3.05) is 0 Å². The molecule has 55 heavy (non-hydrogen) atoms. The van der Waals surface area contributed by atoms with Gasteiger partial charge in [0.2, 0.25) is 0 Å². The zero-order valence-electron chi connectivity index (χ0n) is 34.2. The van der Waals surface area contributed by atoms with Gasteiger partial charge < -0.3 is 5.11 Å². The van der Waals surface area contributed by atoms with Crippen molar-refractivity contribution >= 4 is 16.6 Å². The molecule has 0 bridgehead atoms. The molecule has 0 saturated carbocycles. The molecular weight excluding hydrogens is 865 g/mol. The third kappa shape index (κ3) is 12.0. The number of halogens is 2. The first-order valence-corrected chi connectivity index (χ1v) is 19.4. The van der Waals surface area contributed by atoms with E-state index >= 15 is 8.78 Å². The van der Waals surface area contributed by atoms with Gasteiger partial charge in [-0.2, -0.15) is 0 Å². The quantitative estimate of drug-likeness (QED) is 0.0816. The van der Waals surface area contributed by atoms with Crippen molar-refractivity contribution in [2.24, 2.45) is 17.3 Å². The van der Waals surface area contributed by atoms with Gasteiger partial charge in [-0.15, -0.1) is 29.1 Å². The van der Waals surface area contributed by atoms with Gasteiger partial charge >= 0.3 is 0 Å². The van der Waals surface area contributed by atoms with Crippen LogP contribution < -0.4 is 0 Å². The van der Waals surface area contributed by atoms with Gasteiger partial charge in [0, 0.05) is 49.9 Å². The normalized spacial score (nSPS) is 12.1. The number of aromatic nitrogens is 1. The Morgan fingerprint density at radius 3 is 1.89 bits per heavy atom. The van der Waals surface area contributed by atoms with Crippen LogP contribution in [0.1, 0.15) is 106 Å². The molecule has 0 aliphatic heterocycles. The number of hydrogen-bond donors (Lipinski definition) is 1. The molecule has 1 N–H and O–H groups in total. The molecule has 0 aliphatic carbocycles. The van der Waals surface area contributed by atoms with Crippen molar-refractivity contribution < 1.29 is 38.8 Å². The van der Waals surface area contributed by atoms with E-state index in [-0.39, 0.29) is 59.9 Å². The molecule has 6 heteroatoms. The maximum absolute atomic E-state index is 15.5. The van der Waals surface area contributed by atoms with E-state index in [0.29, 0.717) is 16.8 Å². The van der Waals surface area contributed by atoms with Crippen LogP contribution in [0.3, 0.4) is 0 Å². The van der Waals surface area contributed by atoms with Gasteiger partial charge in [-0.3, -0.25) is 9.78 Å². The van der Waals surface area contributed by atoms with Gasteiger partial charge in [0.1, 0.15) is 11.6 Å². The number of ketones is 1. The van der Waals surface area contributed by atoms with E-state index in [1.54, 1.807) is 18.3 Å². The molecule has 0 amide bonds. The molecule has 1 radical (unpaired) electrons. The largest absolute Gasteiger partial charge is 0.512 e. The van der Waals surface area contributed by atoms with Crippen LogP contribution >= 0.6 is 0 Å². The minimum absolute atomic E-state index is 0. The zero-order valence-corrected chi connectivity index (χ0v) is 36.6. The van der Waals surface area contributed by atoms with Crippen LogP contribution in [0.15, 0.2) is 96.9 Å². The van der Waals surface area contributed by atoms with Crippen molar-refractivity contribution in [1.29, 1.82) is 0 Å². The summed E-state index contributed by atoms with van der Waals surface area (Å²) in [6, 6.07) is 27.9. The average Bonchev–Trinajstić information content (AvgIpc) is 3.11. The van der Waals surface area contributed by atoms with Crippen molar-refractivity contribution in [3.8, 4) is 33.5 Å². The van der Waals surface area contributed by atoms with Crippen LogP contribution in [0, 0.1) is 35.0 Å². The molecule has 5 aromatic rings. The van der Waals surface area contributed by atoms with E-state index in [0.717, 1.165) is 54.0 Å². The second-order valence-electron chi connectivity index (χ2n) is 16.6. The Bertz CT molecular complexity index is 2040. The topological polar surface area (TPSA) is 50.2 Å². The second-order valence-corrected chi connectivity index (χ2v) is 16.6. The summed E-state index contributed by atoms with van der Waals surface area (Å²) in [4.78, 5) is 16.3. The van der Waals surface area contributed by atoms with E-state index in [2.05, 4.69) is 64.7 Å². The van der Waals surface area contributed by atoms with Crippen LogP contribution in [-0.2, 0) is 36.7 Å². The Labute approximate surface area is 342 Å². The zero-order chi connectivity index (χ0) is 39.8. The maximum Gasteiger partial charge on any atom is 0.162 e. The SMILES string of the molecule is CC(C)(C)Cc1ccc(-c2cc(F)c(-c3ccnc(-c4[c-]c5ccccc5c(C(C)(C)C)c4)c3)c(F)c2)cc1.CCC(CC)C(=O)/C=C(\O)C(CC)CC.[Ir]. The number of aliphatic hydroxyl groups is 1. The second kappa shape index (κ2) is 19.7. The molecule has 0 saturated heterocycles. The number of rotatable bonds is 11. The Morgan fingerprint density at radius 2 is 1.35 bits per heavy atom. The Morgan fingerprint density at radius 1 is 0.764 bits per heavy atom. The van der Waals surface area contributed by atoms with Crippen molar-refractivity contribution in [3.05, 3.63) is 126 Å². The molecule has 0 aliphatic rings. The molecule has 0 atom stereocenters. The van der Waals surface area contributed by atoms with Gasteiger partial charge in [-0.25, -0.2) is 8.78 Å². The number of allylic oxidation sites excluding steroid dienone is 2. The molecule has 5 rings (SSSR count). The molecule has 0 fully saturated rings. The summed E-state index contributed by atoms with van der Waals surface area (Å²) in [5.41, 5.74) is 5.57. The first-order valence-electron chi connectivity index (χ1n) is 19.4. The van der Waals surface area contributed by atoms with Crippen molar-refractivity contribution in [2.45, 2.75) is 107 Å². The average molecular weight is 923 g/mol. The Balaban J connectivity index is 0.000000433. The standard InChI is InChI=1S/C36H34F2N.C13H24O2.Ir/c1-35(2,3)22-23-11-13-24(14-12-23)27-19-31(37)34(32(38)20-27)26-15-16-39-33(21-26)28-17-25-9-7-8-10-29(25)30(18-28)36(4,5)6;1-5-10(6-2)12(14)9-13(15)11(7-3)8-4;/h7-16,18-21H,22H2,1-6H3;9-11,14H,5-8H2,1-4H3;/q-1;;/b;12-9-;. The summed E-state index contributed by atoms with van der Waals surface area (Å²) in [6.07, 6.45) is 7.44. The summed E-state index contributed by atoms with van der Waals surface area (Å²) in [7, 11) is 0. The van der Waals surface area contributed by atoms with Crippen LogP contribution in [0.4, 0.5) is 8.78 Å². The van der Waals surface area contributed by atoms with Gasteiger partial charge in [-0.1, -0.05) is 129 Å². The fourth-order valence-electron chi connectivity index (χ4n) is 6.94. The number of nitrogens with zero attached hydrogens (tertiary/aromatic N) is 1. The van der Waals surface area contributed by atoms with Crippen LogP contribution in [0.2, 0.25) is 0 Å². The minimum atomic E-state index is -0.598. The predicted molar refractivity (Wildman–Crippen MR) is 223 cm³/mol. The number of hydrogen-bond acceptors (Lipinski definition) is 3. The summed E-state index contributed by atoms with van der Waals surface area (Å²) < 4.78 is 31.0. The number of aliphatic hydroxyl groups excluding tert-OH is 1. The van der Waals surface area contributed by atoms with Gasteiger partial charge in [-0.05, 0) is 83.4 Å². The molecule has 1 aromatic heterocycles. The number of pyridine rings is 1. The fourth-order valence-corrected chi connectivity index (χ4v) is 6.94. The Kier molecular flexibility index (Phi) is 16.3. The molecule has 0 unspecified atom stereocenters. The van der Waals surface area contributed by atoms with E-state index < -0.39 is 11.6 Å². The van der Waals surface area contributed by atoms with Gasteiger partial charge in [0.15, 0.2) is 5.78 Å². The molecular formula is C49H58F2IrNO2-. The number of fused-ring (bicyclic) bond motifs is 1. The minimum Gasteiger partial charge on any atom is -0.512 e. The van der Waals surface area contributed by atoms with E-state index in [1.165, 1.54) is 29.3 Å². The molecule has 295 valence electrons.